The van der Waals surface area contributed by atoms with Crippen LogP contribution in [0.1, 0.15) is 52.6 Å². The molecule has 0 spiro atoms. The Kier molecular flexibility index (Phi) is 6.01. The molecule has 2 aromatic carbocycles. The number of carbonyl (C=O) groups is 2. The van der Waals surface area contributed by atoms with Crippen LogP contribution >= 0.6 is 0 Å². The quantitative estimate of drug-likeness (QED) is 0.513. The van der Waals surface area contributed by atoms with Crippen molar-refractivity contribution < 1.29 is 19.1 Å². The number of anilines is 3. The Labute approximate surface area is 182 Å². The van der Waals surface area contributed by atoms with E-state index in [4.69, 9.17) is 15.2 Å². The first kappa shape index (κ1) is 22.3. The number of hydrogen-bond donors (Lipinski definition) is 4. The van der Waals surface area contributed by atoms with Crippen molar-refractivity contribution in [2.24, 2.45) is 0 Å². The van der Waals surface area contributed by atoms with E-state index in [-0.39, 0.29) is 12.1 Å². The Morgan fingerprint density at radius 1 is 1.10 bits per heavy atom. The molecule has 0 saturated heterocycles. The molecule has 0 fully saturated rings. The molecule has 3 amide bonds. The van der Waals surface area contributed by atoms with Gasteiger partial charge in [-0.05, 0) is 71.0 Å². The number of amides is 3. The summed E-state index contributed by atoms with van der Waals surface area (Å²) in [7, 11) is 0. The topological polar surface area (TPSA) is 115 Å². The number of carbonyl (C=O) groups excluding carboxylic acids is 2. The zero-order valence-corrected chi connectivity index (χ0v) is 18.5. The minimum atomic E-state index is -0.603. The van der Waals surface area contributed by atoms with E-state index >= 15 is 0 Å². The third-order valence-electron chi connectivity index (χ3n) is 4.56. The fourth-order valence-electron chi connectivity index (χ4n) is 3.42. The van der Waals surface area contributed by atoms with Crippen LogP contribution in [0.4, 0.5) is 26.7 Å². The molecule has 8 nitrogen and oxygen atoms in total. The van der Waals surface area contributed by atoms with Crippen molar-refractivity contribution in [2.75, 3.05) is 16.4 Å². The van der Waals surface area contributed by atoms with Crippen molar-refractivity contribution in [1.29, 1.82) is 0 Å². The number of rotatable bonds is 3. The van der Waals surface area contributed by atoms with Gasteiger partial charge in [-0.2, -0.15) is 0 Å². The molecule has 166 valence electrons. The molecule has 0 aromatic heterocycles. The maximum Gasteiger partial charge on any atom is 0.412 e. The lowest BCUT2D eigenvalue weighted by molar-refractivity contribution is 0.0631. The summed E-state index contributed by atoms with van der Waals surface area (Å²) in [6.45, 7) is 9.33. The van der Waals surface area contributed by atoms with Crippen molar-refractivity contribution in [3.63, 3.8) is 0 Å². The molecule has 1 aliphatic rings. The van der Waals surface area contributed by atoms with Gasteiger partial charge in [-0.15, -0.1) is 0 Å². The first-order valence-corrected chi connectivity index (χ1v) is 10.2. The summed E-state index contributed by atoms with van der Waals surface area (Å²) in [5.74, 6) is 0.653. The van der Waals surface area contributed by atoms with Gasteiger partial charge >= 0.3 is 12.1 Å². The lowest BCUT2D eigenvalue weighted by atomic mass is 9.89. The van der Waals surface area contributed by atoms with Crippen LogP contribution in [0, 0.1) is 0 Å². The van der Waals surface area contributed by atoms with Crippen molar-refractivity contribution >= 4 is 29.2 Å². The van der Waals surface area contributed by atoms with Gasteiger partial charge in [0.2, 0.25) is 0 Å². The standard InChI is InChI=1S/C23H30N4O4/c1-22(2,3)31-21(29)26-16-9-10-19-17(12-16)18(13-23(4,5)30-19)27-20(28)25-15-8-6-7-14(24)11-15/h6-12,18H,13,24H2,1-5H3,(H,26,29)(H2,25,27,28). The minimum Gasteiger partial charge on any atom is -0.487 e. The van der Waals surface area contributed by atoms with Crippen LogP contribution < -0.4 is 26.4 Å². The first-order chi connectivity index (χ1) is 14.4. The van der Waals surface area contributed by atoms with Crippen molar-refractivity contribution in [3.05, 3.63) is 48.0 Å². The Bertz CT molecular complexity index is 982. The number of ether oxygens (including phenoxy) is 2. The van der Waals surface area contributed by atoms with E-state index in [0.717, 1.165) is 5.56 Å². The molecule has 1 aliphatic heterocycles. The van der Waals surface area contributed by atoms with Crippen LogP contribution in [0.25, 0.3) is 0 Å². The van der Waals surface area contributed by atoms with Gasteiger partial charge in [0.05, 0.1) is 6.04 Å². The van der Waals surface area contributed by atoms with E-state index < -0.39 is 17.3 Å². The minimum absolute atomic E-state index is 0.319. The first-order valence-electron chi connectivity index (χ1n) is 10.2. The van der Waals surface area contributed by atoms with Crippen molar-refractivity contribution in [3.8, 4) is 5.75 Å². The van der Waals surface area contributed by atoms with Crippen LogP contribution in [-0.2, 0) is 4.74 Å². The normalized spacial score (nSPS) is 17.0. The molecule has 1 heterocycles. The molecule has 3 rings (SSSR count). The van der Waals surface area contributed by atoms with Gasteiger partial charge in [0, 0.05) is 29.0 Å². The van der Waals surface area contributed by atoms with Crippen molar-refractivity contribution in [1.82, 2.24) is 5.32 Å². The maximum absolute atomic E-state index is 12.6. The summed E-state index contributed by atoms with van der Waals surface area (Å²) < 4.78 is 11.4. The lowest BCUT2D eigenvalue weighted by Gasteiger charge is -2.38. The number of nitrogens with one attached hydrogen (secondary N) is 3. The van der Waals surface area contributed by atoms with Crippen LogP contribution in [0.5, 0.6) is 5.75 Å². The van der Waals surface area contributed by atoms with Gasteiger partial charge in [0.1, 0.15) is 17.0 Å². The van der Waals surface area contributed by atoms with Gasteiger partial charge in [-0.1, -0.05) is 6.07 Å². The van der Waals surface area contributed by atoms with Crippen molar-refractivity contribution in [2.45, 2.75) is 58.3 Å². The zero-order chi connectivity index (χ0) is 22.8. The third kappa shape index (κ3) is 6.28. The van der Waals surface area contributed by atoms with E-state index in [1.54, 1.807) is 63.2 Å². The fourth-order valence-corrected chi connectivity index (χ4v) is 3.42. The SMILES string of the molecule is CC(C)(C)OC(=O)Nc1ccc2c(c1)C(NC(=O)Nc1cccc(N)c1)CC(C)(C)O2. The number of nitrogens with two attached hydrogens (primary N) is 1. The lowest BCUT2D eigenvalue weighted by Crippen LogP contribution is -2.42. The summed E-state index contributed by atoms with van der Waals surface area (Å²) >= 11 is 0. The highest BCUT2D eigenvalue weighted by Crippen LogP contribution is 2.40. The number of nitrogen functional groups attached to an aromatic ring is 1. The third-order valence-corrected chi connectivity index (χ3v) is 4.56. The largest absolute Gasteiger partial charge is 0.487 e. The number of fused-ring (bicyclic) bond motifs is 1. The monoisotopic (exact) mass is 426 g/mol. The Morgan fingerprint density at radius 2 is 1.81 bits per heavy atom. The van der Waals surface area contributed by atoms with Gasteiger partial charge in [-0.25, -0.2) is 9.59 Å². The van der Waals surface area contributed by atoms with E-state index in [2.05, 4.69) is 16.0 Å². The van der Waals surface area contributed by atoms with Crippen LogP contribution in [0.2, 0.25) is 0 Å². The predicted octanol–water partition coefficient (Wildman–Crippen LogP) is 5.04. The molecule has 5 N–H and O–H groups in total. The molecule has 1 atom stereocenters. The summed E-state index contributed by atoms with van der Waals surface area (Å²) in [4.78, 5) is 24.8. The predicted molar refractivity (Wildman–Crippen MR) is 121 cm³/mol. The van der Waals surface area contributed by atoms with E-state index in [1.807, 2.05) is 13.8 Å². The number of hydrogen-bond acceptors (Lipinski definition) is 5. The Hall–Kier alpha value is -3.42. The Morgan fingerprint density at radius 3 is 2.48 bits per heavy atom. The average molecular weight is 427 g/mol. The molecule has 0 saturated carbocycles. The van der Waals surface area contributed by atoms with E-state index in [1.165, 1.54) is 0 Å². The van der Waals surface area contributed by atoms with E-state index in [0.29, 0.717) is 29.2 Å². The van der Waals surface area contributed by atoms with Crippen LogP contribution in [0.15, 0.2) is 42.5 Å². The smallest absolute Gasteiger partial charge is 0.412 e. The highest BCUT2D eigenvalue weighted by atomic mass is 16.6. The number of benzene rings is 2. The molecular formula is C23H30N4O4. The number of urea groups is 1. The van der Waals surface area contributed by atoms with Gasteiger partial charge in [-0.3, -0.25) is 5.32 Å². The Balaban J connectivity index is 1.78. The molecule has 31 heavy (non-hydrogen) atoms. The van der Waals surface area contributed by atoms with E-state index in [9.17, 15) is 9.59 Å². The second-order valence-corrected chi connectivity index (χ2v) is 9.22. The van der Waals surface area contributed by atoms with Gasteiger partial charge in [0.15, 0.2) is 0 Å². The van der Waals surface area contributed by atoms with Crippen LogP contribution in [-0.4, -0.2) is 23.3 Å². The highest BCUT2D eigenvalue weighted by molar-refractivity contribution is 5.90. The average Bonchev–Trinajstić information content (AvgIpc) is 2.59. The molecule has 0 bridgehead atoms. The molecule has 8 heteroatoms. The molecule has 2 aromatic rings. The highest BCUT2D eigenvalue weighted by Gasteiger charge is 2.35. The molecule has 0 aliphatic carbocycles. The summed E-state index contributed by atoms with van der Waals surface area (Å²) in [5, 5.41) is 8.53. The molecule has 1 unspecified atom stereocenters. The summed E-state index contributed by atoms with van der Waals surface area (Å²) in [5.41, 5.74) is 7.20. The van der Waals surface area contributed by atoms with Gasteiger partial charge in [0.25, 0.3) is 0 Å². The van der Waals surface area contributed by atoms with Crippen LogP contribution in [0.3, 0.4) is 0 Å². The summed E-state index contributed by atoms with van der Waals surface area (Å²) in [6, 6.07) is 11.6. The molecular weight excluding hydrogens is 396 g/mol. The summed E-state index contributed by atoms with van der Waals surface area (Å²) in [6.07, 6.45) is 0.00804. The maximum atomic E-state index is 12.6. The second-order valence-electron chi connectivity index (χ2n) is 9.22. The molecule has 0 radical (unpaired) electrons. The second kappa shape index (κ2) is 8.37. The fraction of sp³-hybridized carbons (Fsp3) is 0.391. The van der Waals surface area contributed by atoms with Gasteiger partial charge < -0.3 is 25.8 Å². The zero-order valence-electron chi connectivity index (χ0n) is 18.5.